The predicted octanol–water partition coefficient (Wildman–Crippen LogP) is 3.77. The van der Waals surface area contributed by atoms with Crippen LogP contribution in [0.3, 0.4) is 0 Å². The second kappa shape index (κ2) is 10.8. The van der Waals surface area contributed by atoms with Crippen LogP contribution in [0.5, 0.6) is 11.5 Å². The number of nitriles is 1. The minimum atomic E-state index is -0.422. The number of methoxy groups -OCH3 is 1. The molecule has 1 aliphatic heterocycles. The largest absolute Gasteiger partial charge is 0.507 e. The van der Waals surface area contributed by atoms with Crippen LogP contribution in [0, 0.1) is 11.3 Å². The van der Waals surface area contributed by atoms with Crippen LogP contribution in [0.15, 0.2) is 77.9 Å². The van der Waals surface area contributed by atoms with Crippen molar-refractivity contribution in [1.82, 2.24) is 24.0 Å². The number of aromatic nitrogens is 4. The van der Waals surface area contributed by atoms with Gasteiger partial charge >= 0.3 is 11.7 Å². The van der Waals surface area contributed by atoms with E-state index in [1.807, 2.05) is 6.07 Å². The van der Waals surface area contributed by atoms with Crippen LogP contribution in [0.1, 0.15) is 34.1 Å². The van der Waals surface area contributed by atoms with Gasteiger partial charge in [-0.25, -0.2) is 14.6 Å². The minimum Gasteiger partial charge on any atom is -0.507 e. The van der Waals surface area contributed by atoms with E-state index < -0.39 is 5.97 Å². The maximum Gasteiger partial charge on any atom is 0.337 e. The topological polar surface area (TPSA) is 146 Å². The fraction of sp³-hybridized carbons (Fsp3) is 0.194. The zero-order valence-corrected chi connectivity index (χ0v) is 22.6. The van der Waals surface area contributed by atoms with E-state index in [2.05, 4.69) is 14.9 Å². The molecule has 1 aliphatic rings. The summed E-state index contributed by atoms with van der Waals surface area (Å²) in [5, 5.41) is 30.2. The highest BCUT2D eigenvalue weighted by molar-refractivity contribution is 5.89. The summed E-state index contributed by atoms with van der Waals surface area (Å²) in [6.45, 7) is 1.81. The van der Waals surface area contributed by atoms with Gasteiger partial charge in [0.1, 0.15) is 17.6 Å². The molecule has 1 saturated heterocycles. The van der Waals surface area contributed by atoms with Gasteiger partial charge in [-0.05, 0) is 66.1 Å². The molecule has 0 spiro atoms. The first kappa shape index (κ1) is 26.7. The molecular weight excluding hydrogens is 536 g/mol. The van der Waals surface area contributed by atoms with Crippen molar-refractivity contribution in [3.63, 3.8) is 0 Å². The smallest absolute Gasteiger partial charge is 0.337 e. The van der Waals surface area contributed by atoms with E-state index >= 15 is 0 Å². The molecule has 1 fully saturated rings. The minimum absolute atomic E-state index is 0.117. The number of ether oxygens (including phenoxy) is 1. The molecular formula is C31H26N6O5. The van der Waals surface area contributed by atoms with Crippen molar-refractivity contribution >= 4 is 17.1 Å². The number of pyridine rings is 2. The number of nitrogens with zero attached hydrogens (tertiary/aromatic N) is 6. The van der Waals surface area contributed by atoms with Crippen LogP contribution in [-0.4, -0.2) is 60.4 Å². The van der Waals surface area contributed by atoms with E-state index in [1.165, 1.54) is 23.8 Å². The van der Waals surface area contributed by atoms with Crippen molar-refractivity contribution < 1.29 is 19.7 Å². The lowest BCUT2D eigenvalue weighted by atomic mass is 10.0. The number of phenols is 2. The number of hydrogen-bond donors (Lipinski definition) is 2. The van der Waals surface area contributed by atoms with Crippen LogP contribution in [-0.2, 0) is 11.3 Å². The molecule has 0 amide bonds. The number of phenolic OH excluding ortho intramolecular Hbond substituents is 2. The Balaban J connectivity index is 1.32. The molecule has 5 aromatic rings. The Kier molecular flexibility index (Phi) is 6.90. The average Bonchev–Trinajstić information content (AvgIpc) is 3.58. The molecule has 2 aromatic carbocycles. The molecule has 4 heterocycles. The molecule has 6 rings (SSSR count). The summed E-state index contributed by atoms with van der Waals surface area (Å²) in [6.07, 6.45) is 3.93. The highest BCUT2D eigenvalue weighted by Gasteiger charge is 2.29. The number of esters is 1. The van der Waals surface area contributed by atoms with Crippen molar-refractivity contribution in [2.24, 2.45) is 0 Å². The third kappa shape index (κ3) is 4.74. The summed E-state index contributed by atoms with van der Waals surface area (Å²) >= 11 is 0. The van der Waals surface area contributed by atoms with Crippen LogP contribution in [0.2, 0.25) is 0 Å². The number of aromatic hydroxyl groups is 2. The summed E-state index contributed by atoms with van der Waals surface area (Å²) in [5.41, 5.74) is 3.61. The molecule has 2 N–H and O–H groups in total. The number of carbonyl (C=O) groups excluding carboxylic acids is 1. The lowest BCUT2D eigenvalue weighted by molar-refractivity contribution is 0.0600. The van der Waals surface area contributed by atoms with Crippen molar-refractivity contribution in [2.45, 2.75) is 19.0 Å². The Labute approximate surface area is 240 Å². The highest BCUT2D eigenvalue weighted by atomic mass is 16.5. The second-order valence-corrected chi connectivity index (χ2v) is 10.1. The third-order valence-corrected chi connectivity index (χ3v) is 7.54. The Morgan fingerprint density at radius 2 is 1.86 bits per heavy atom. The maximum atomic E-state index is 14.0. The lowest BCUT2D eigenvalue weighted by Crippen LogP contribution is -2.29. The summed E-state index contributed by atoms with van der Waals surface area (Å²) < 4.78 is 7.96. The Bertz CT molecular complexity index is 1940. The van der Waals surface area contributed by atoms with E-state index in [-0.39, 0.29) is 28.8 Å². The van der Waals surface area contributed by atoms with Crippen LogP contribution >= 0.6 is 0 Å². The fourth-order valence-electron chi connectivity index (χ4n) is 5.51. The lowest BCUT2D eigenvalue weighted by Gasteiger charge is -2.16. The first-order chi connectivity index (χ1) is 20.4. The zero-order valence-electron chi connectivity index (χ0n) is 22.6. The molecule has 3 aromatic heterocycles. The van der Waals surface area contributed by atoms with Gasteiger partial charge in [0.25, 0.3) is 0 Å². The van der Waals surface area contributed by atoms with E-state index in [0.717, 1.165) is 12.2 Å². The number of fused-ring (bicyclic) bond motifs is 1. The zero-order chi connectivity index (χ0) is 29.4. The van der Waals surface area contributed by atoms with Gasteiger partial charge in [-0.2, -0.15) is 5.26 Å². The normalized spacial score (nSPS) is 15.1. The van der Waals surface area contributed by atoms with Gasteiger partial charge in [0.15, 0.2) is 5.65 Å². The monoisotopic (exact) mass is 562 g/mol. The molecule has 42 heavy (non-hydrogen) atoms. The number of imidazole rings is 1. The molecule has 0 unspecified atom stereocenters. The molecule has 0 radical (unpaired) electrons. The number of benzene rings is 2. The molecule has 0 saturated carbocycles. The maximum absolute atomic E-state index is 14.0. The standard InChI is InChI=1S/C31H26N6O5/c1-42-30(40)21-8-11-33-23(14-21)17-35-12-9-24(18-35)36-29-26(3-2-10-34-29)37(31(36)41)25-6-4-20(15-28(25)39)19-5-7-27(38)22(13-19)16-32/h2-8,10-11,13-15,24,38-39H,9,12,17-18H2,1H3/t24-/m0/s1. The summed E-state index contributed by atoms with van der Waals surface area (Å²) in [6, 6.07) is 18.2. The van der Waals surface area contributed by atoms with Gasteiger partial charge in [0.2, 0.25) is 0 Å². The summed E-state index contributed by atoms with van der Waals surface area (Å²) in [7, 11) is 1.34. The van der Waals surface area contributed by atoms with Crippen LogP contribution in [0.4, 0.5) is 0 Å². The fourth-order valence-corrected chi connectivity index (χ4v) is 5.51. The second-order valence-electron chi connectivity index (χ2n) is 10.1. The SMILES string of the molecule is COC(=O)c1ccnc(CN2CC[C@H](n3c(=O)n(-c4ccc(-c5ccc(O)c(C#N)c5)cc4O)c4cccnc43)C2)c1. The van der Waals surface area contributed by atoms with E-state index in [0.29, 0.717) is 53.1 Å². The van der Waals surface area contributed by atoms with Crippen LogP contribution < -0.4 is 5.69 Å². The van der Waals surface area contributed by atoms with Crippen molar-refractivity contribution in [2.75, 3.05) is 20.2 Å². The van der Waals surface area contributed by atoms with Crippen molar-refractivity contribution in [3.05, 3.63) is 100 Å². The number of rotatable bonds is 6. The van der Waals surface area contributed by atoms with Gasteiger partial charge < -0.3 is 14.9 Å². The summed E-state index contributed by atoms with van der Waals surface area (Å²) in [4.78, 5) is 37.0. The number of likely N-dealkylation sites (tertiary alicyclic amines) is 1. The first-order valence-corrected chi connectivity index (χ1v) is 13.3. The van der Waals surface area contributed by atoms with Gasteiger partial charge in [-0.3, -0.25) is 19.0 Å². The first-order valence-electron chi connectivity index (χ1n) is 13.3. The van der Waals surface area contributed by atoms with E-state index in [9.17, 15) is 25.1 Å². The molecule has 0 aliphatic carbocycles. The van der Waals surface area contributed by atoms with Gasteiger partial charge in [0, 0.05) is 32.0 Å². The van der Waals surface area contributed by atoms with E-state index in [4.69, 9.17) is 4.74 Å². The molecule has 11 nitrogen and oxygen atoms in total. The Hall–Kier alpha value is -5.47. The van der Waals surface area contributed by atoms with Gasteiger partial charge in [-0.1, -0.05) is 12.1 Å². The van der Waals surface area contributed by atoms with E-state index in [1.54, 1.807) is 65.5 Å². The Morgan fingerprint density at radius 3 is 2.64 bits per heavy atom. The highest BCUT2D eigenvalue weighted by Crippen LogP contribution is 2.33. The third-order valence-electron chi connectivity index (χ3n) is 7.54. The van der Waals surface area contributed by atoms with Crippen molar-refractivity contribution in [1.29, 1.82) is 5.26 Å². The van der Waals surface area contributed by atoms with Gasteiger partial charge in [0.05, 0.1) is 41.2 Å². The Morgan fingerprint density at radius 1 is 1.05 bits per heavy atom. The van der Waals surface area contributed by atoms with Crippen molar-refractivity contribution in [3.8, 4) is 34.4 Å². The quantitative estimate of drug-likeness (QED) is 0.295. The molecule has 11 heteroatoms. The van der Waals surface area contributed by atoms with Gasteiger partial charge in [-0.15, -0.1) is 0 Å². The van der Waals surface area contributed by atoms with Crippen LogP contribution in [0.25, 0.3) is 28.0 Å². The number of hydrogen-bond acceptors (Lipinski definition) is 9. The summed E-state index contributed by atoms with van der Waals surface area (Å²) in [5.74, 6) is -0.659. The number of carbonyl (C=O) groups is 1. The molecule has 210 valence electrons. The molecule has 0 bridgehead atoms. The average molecular weight is 563 g/mol. The molecule has 1 atom stereocenters. The predicted molar refractivity (Wildman–Crippen MR) is 153 cm³/mol.